The van der Waals surface area contributed by atoms with Gasteiger partial charge in [0.25, 0.3) is 0 Å². The zero-order valence-electron chi connectivity index (χ0n) is 11.8. The van der Waals surface area contributed by atoms with E-state index in [-0.39, 0.29) is 0 Å². The van der Waals surface area contributed by atoms with Crippen molar-refractivity contribution in [3.63, 3.8) is 0 Å². The molecule has 2 saturated carbocycles. The molecule has 0 unspecified atom stereocenters. The lowest BCUT2D eigenvalue weighted by molar-refractivity contribution is 0.181. The quantitative estimate of drug-likeness (QED) is 0.794. The van der Waals surface area contributed by atoms with Crippen LogP contribution in [0.15, 0.2) is 0 Å². The molecule has 1 heterocycles. The van der Waals surface area contributed by atoms with Gasteiger partial charge in [-0.2, -0.15) is 0 Å². The smallest absolute Gasteiger partial charge is 0.186 e. The summed E-state index contributed by atoms with van der Waals surface area (Å²) in [4.78, 5) is 8.72. The summed E-state index contributed by atoms with van der Waals surface area (Å²) >= 11 is 1.84. The molecular formula is C14H23N3OS. The molecule has 1 N–H and O–H groups in total. The Kier molecular flexibility index (Phi) is 4.05. The molecule has 0 aliphatic heterocycles. The molecule has 1 aromatic rings. The highest BCUT2D eigenvalue weighted by Gasteiger charge is 2.35. The SMILES string of the molecule is CNCc1sc(N(CC2CC2)C2CC2)nc1COC. The maximum Gasteiger partial charge on any atom is 0.186 e. The van der Waals surface area contributed by atoms with Crippen LogP contribution < -0.4 is 10.2 Å². The predicted molar refractivity (Wildman–Crippen MR) is 78.7 cm³/mol. The number of rotatable bonds is 8. The minimum Gasteiger partial charge on any atom is -0.378 e. The molecule has 3 rings (SSSR count). The van der Waals surface area contributed by atoms with Crippen LogP contribution in [-0.2, 0) is 17.9 Å². The van der Waals surface area contributed by atoms with Crippen LogP contribution in [0.5, 0.6) is 0 Å². The van der Waals surface area contributed by atoms with Gasteiger partial charge in [-0.05, 0) is 38.6 Å². The van der Waals surface area contributed by atoms with E-state index in [4.69, 9.17) is 9.72 Å². The van der Waals surface area contributed by atoms with Crippen molar-refractivity contribution < 1.29 is 4.74 Å². The molecule has 106 valence electrons. The first-order valence-corrected chi connectivity index (χ1v) is 8.02. The number of aromatic nitrogens is 1. The van der Waals surface area contributed by atoms with Crippen LogP contribution in [0.4, 0.5) is 5.13 Å². The molecule has 1 aromatic heterocycles. The molecular weight excluding hydrogens is 258 g/mol. The minimum absolute atomic E-state index is 0.620. The predicted octanol–water partition coefficient (Wildman–Crippen LogP) is 2.39. The van der Waals surface area contributed by atoms with E-state index in [0.29, 0.717) is 6.61 Å². The van der Waals surface area contributed by atoms with Crippen LogP contribution in [-0.4, -0.2) is 31.7 Å². The first kappa shape index (κ1) is 13.3. The second kappa shape index (κ2) is 5.77. The summed E-state index contributed by atoms with van der Waals surface area (Å²) in [6, 6.07) is 0.754. The average molecular weight is 281 g/mol. The lowest BCUT2D eigenvalue weighted by Crippen LogP contribution is -2.27. The van der Waals surface area contributed by atoms with Gasteiger partial charge >= 0.3 is 0 Å². The highest BCUT2D eigenvalue weighted by Crippen LogP contribution is 2.39. The monoisotopic (exact) mass is 281 g/mol. The summed E-state index contributed by atoms with van der Waals surface area (Å²) in [6.45, 7) is 2.72. The van der Waals surface area contributed by atoms with Gasteiger partial charge in [-0.3, -0.25) is 0 Å². The van der Waals surface area contributed by atoms with Gasteiger partial charge in [0, 0.05) is 31.1 Å². The minimum atomic E-state index is 0.620. The number of anilines is 1. The second-order valence-electron chi connectivity index (χ2n) is 5.66. The molecule has 0 bridgehead atoms. The van der Waals surface area contributed by atoms with Gasteiger partial charge in [0.05, 0.1) is 12.3 Å². The van der Waals surface area contributed by atoms with Crippen LogP contribution in [0.3, 0.4) is 0 Å². The Morgan fingerprint density at radius 3 is 2.74 bits per heavy atom. The van der Waals surface area contributed by atoms with Crippen LogP contribution in [0, 0.1) is 5.92 Å². The lowest BCUT2D eigenvalue weighted by Gasteiger charge is -2.21. The fourth-order valence-electron chi connectivity index (χ4n) is 2.39. The standard InChI is InChI=1S/C14H23N3OS/c1-15-7-13-12(9-18-2)16-14(19-13)17(11-5-6-11)8-10-3-4-10/h10-11,15H,3-9H2,1-2H3. The third-order valence-electron chi connectivity index (χ3n) is 3.77. The van der Waals surface area contributed by atoms with E-state index in [0.717, 1.165) is 24.2 Å². The number of hydrogen-bond acceptors (Lipinski definition) is 5. The Hall–Kier alpha value is -0.650. The number of nitrogens with zero attached hydrogens (tertiary/aromatic N) is 2. The van der Waals surface area contributed by atoms with Gasteiger partial charge in [0.15, 0.2) is 5.13 Å². The van der Waals surface area contributed by atoms with Gasteiger partial charge in [0.1, 0.15) is 0 Å². The number of nitrogens with one attached hydrogen (secondary N) is 1. The van der Waals surface area contributed by atoms with Crippen molar-refractivity contribution >= 4 is 16.5 Å². The maximum atomic E-state index is 5.28. The Bertz CT molecular complexity index is 403. The molecule has 5 heteroatoms. The zero-order chi connectivity index (χ0) is 13.2. The molecule has 0 saturated heterocycles. The summed E-state index contributed by atoms with van der Waals surface area (Å²) in [6.07, 6.45) is 5.49. The van der Waals surface area contributed by atoms with Gasteiger partial charge < -0.3 is 15.0 Å². The second-order valence-corrected chi connectivity index (χ2v) is 6.72. The Labute approximate surface area is 119 Å². The van der Waals surface area contributed by atoms with Gasteiger partial charge in [0.2, 0.25) is 0 Å². The van der Waals surface area contributed by atoms with E-state index in [1.54, 1.807) is 7.11 Å². The largest absolute Gasteiger partial charge is 0.378 e. The molecule has 0 atom stereocenters. The third-order valence-corrected chi connectivity index (χ3v) is 4.91. The van der Waals surface area contributed by atoms with E-state index >= 15 is 0 Å². The molecule has 0 radical (unpaired) electrons. The number of hydrogen-bond donors (Lipinski definition) is 1. The van der Waals surface area contributed by atoms with E-state index in [2.05, 4.69) is 10.2 Å². The Morgan fingerprint density at radius 2 is 2.16 bits per heavy atom. The van der Waals surface area contributed by atoms with Crippen LogP contribution >= 0.6 is 11.3 Å². The first-order chi connectivity index (χ1) is 9.31. The summed E-state index contributed by atoms with van der Waals surface area (Å²) in [5.41, 5.74) is 1.11. The first-order valence-electron chi connectivity index (χ1n) is 7.20. The van der Waals surface area contributed by atoms with Crippen molar-refractivity contribution in [2.24, 2.45) is 5.92 Å². The van der Waals surface area contributed by atoms with Crippen molar-refractivity contribution in [1.82, 2.24) is 10.3 Å². The maximum absolute atomic E-state index is 5.28. The topological polar surface area (TPSA) is 37.4 Å². The van der Waals surface area contributed by atoms with Gasteiger partial charge in [-0.1, -0.05) is 0 Å². The molecule has 0 spiro atoms. The molecule has 19 heavy (non-hydrogen) atoms. The van der Waals surface area contributed by atoms with Gasteiger partial charge in [-0.25, -0.2) is 4.98 Å². The van der Waals surface area contributed by atoms with E-state index in [1.807, 2.05) is 18.4 Å². The van der Waals surface area contributed by atoms with Crippen LogP contribution in [0.25, 0.3) is 0 Å². The van der Waals surface area contributed by atoms with Crippen molar-refractivity contribution in [2.75, 3.05) is 25.6 Å². The van der Waals surface area contributed by atoms with Crippen molar-refractivity contribution in [1.29, 1.82) is 0 Å². The third kappa shape index (κ3) is 3.27. The molecule has 2 aliphatic rings. The molecule has 0 aromatic carbocycles. The summed E-state index contributed by atoms with van der Waals surface area (Å²) in [5.74, 6) is 0.920. The zero-order valence-corrected chi connectivity index (χ0v) is 12.6. The van der Waals surface area contributed by atoms with E-state index < -0.39 is 0 Å². The van der Waals surface area contributed by atoms with Crippen molar-refractivity contribution in [3.8, 4) is 0 Å². The van der Waals surface area contributed by atoms with E-state index in [1.165, 1.54) is 42.2 Å². The Balaban J connectivity index is 1.78. The number of thiazole rings is 1. The highest BCUT2D eigenvalue weighted by atomic mass is 32.1. The molecule has 2 fully saturated rings. The van der Waals surface area contributed by atoms with Gasteiger partial charge in [-0.15, -0.1) is 11.3 Å². The number of methoxy groups -OCH3 is 1. The van der Waals surface area contributed by atoms with Crippen LogP contribution in [0.1, 0.15) is 36.3 Å². The summed E-state index contributed by atoms with van der Waals surface area (Å²) in [5, 5.41) is 4.44. The fraction of sp³-hybridized carbons (Fsp3) is 0.786. The molecule has 0 amide bonds. The van der Waals surface area contributed by atoms with Crippen LogP contribution in [0.2, 0.25) is 0 Å². The molecule has 2 aliphatic carbocycles. The Morgan fingerprint density at radius 1 is 1.37 bits per heavy atom. The van der Waals surface area contributed by atoms with Crippen molar-refractivity contribution in [3.05, 3.63) is 10.6 Å². The summed E-state index contributed by atoms with van der Waals surface area (Å²) < 4.78 is 5.28. The lowest BCUT2D eigenvalue weighted by atomic mass is 10.3. The summed E-state index contributed by atoms with van der Waals surface area (Å²) in [7, 11) is 3.73. The normalized spacial score (nSPS) is 18.8. The van der Waals surface area contributed by atoms with Crippen molar-refractivity contribution in [2.45, 2.75) is 44.9 Å². The number of ether oxygens (including phenoxy) is 1. The average Bonchev–Trinajstić information content (AvgIpc) is 3.28. The highest BCUT2D eigenvalue weighted by molar-refractivity contribution is 7.15. The van der Waals surface area contributed by atoms with E-state index in [9.17, 15) is 0 Å². The molecule has 4 nitrogen and oxygen atoms in total. The fourth-order valence-corrected chi connectivity index (χ4v) is 3.54.